The van der Waals surface area contributed by atoms with Gasteiger partial charge in [0, 0.05) is 12.0 Å². The fraction of sp³-hybridized carbons (Fsp3) is 0.640. The van der Waals surface area contributed by atoms with Crippen molar-refractivity contribution in [2.45, 2.75) is 102 Å². The first-order valence-corrected chi connectivity index (χ1v) is 14.2. The van der Waals surface area contributed by atoms with Crippen molar-refractivity contribution in [3.63, 3.8) is 0 Å². The molecule has 174 valence electrons. The summed E-state index contributed by atoms with van der Waals surface area (Å²) < 4.78 is 26.8. The minimum absolute atomic E-state index is 0.0402. The summed E-state index contributed by atoms with van der Waals surface area (Å²) in [6.45, 7) is 14.4. The molecule has 2 rings (SSSR count). The number of oxazole rings is 1. The first-order valence-electron chi connectivity index (χ1n) is 11.3. The molecule has 6 heteroatoms. The zero-order valence-corrected chi connectivity index (χ0v) is 21.3. The Morgan fingerprint density at radius 1 is 1.13 bits per heavy atom. The van der Waals surface area contributed by atoms with Gasteiger partial charge in [-0.3, -0.25) is 0 Å². The van der Waals surface area contributed by atoms with Gasteiger partial charge in [-0.05, 0) is 63.2 Å². The van der Waals surface area contributed by atoms with Crippen molar-refractivity contribution in [3.05, 3.63) is 54.2 Å². The fourth-order valence-corrected chi connectivity index (χ4v) is 4.84. The first kappa shape index (κ1) is 25.8. The number of halogens is 1. The van der Waals surface area contributed by atoms with Crippen LogP contribution in [0.3, 0.4) is 0 Å². The van der Waals surface area contributed by atoms with E-state index in [0.29, 0.717) is 25.2 Å². The van der Waals surface area contributed by atoms with Gasteiger partial charge in [0.25, 0.3) is 0 Å². The van der Waals surface area contributed by atoms with E-state index in [-0.39, 0.29) is 23.1 Å². The number of alkyl halides is 1. The van der Waals surface area contributed by atoms with Gasteiger partial charge in [0.1, 0.15) is 11.9 Å². The molecule has 2 N–H and O–H groups in total. The number of aromatic nitrogens is 1. The van der Waals surface area contributed by atoms with Crippen LogP contribution < -0.4 is 5.73 Å². The molecule has 0 fully saturated rings. The number of nitrogens with two attached hydrogens (primary N) is 1. The van der Waals surface area contributed by atoms with Crippen molar-refractivity contribution >= 4 is 8.32 Å². The number of benzene rings is 1. The van der Waals surface area contributed by atoms with E-state index in [1.54, 1.807) is 26.3 Å². The summed E-state index contributed by atoms with van der Waals surface area (Å²) in [6.07, 6.45) is 5.53. The highest BCUT2D eigenvalue weighted by atomic mass is 28.4. The molecule has 0 spiro atoms. The van der Waals surface area contributed by atoms with Crippen molar-refractivity contribution < 1.29 is 13.2 Å². The normalized spacial score (nSPS) is 16.2. The Hall–Kier alpha value is -1.50. The molecular weight excluding hydrogens is 407 g/mol. The van der Waals surface area contributed by atoms with Crippen LogP contribution in [0.5, 0.6) is 0 Å². The number of nitrogens with zero attached hydrogens (tertiary/aromatic N) is 1. The van der Waals surface area contributed by atoms with Gasteiger partial charge >= 0.3 is 0 Å². The van der Waals surface area contributed by atoms with E-state index in [1.807, 2.05) is 18.2 Å². The molecule has 1 aromatic carbocycles. The van der Waals surface area contributed by atoms with Gasteiger partial charge in [-0.15, -0.1) is 0 Å². The maximum Gasteiger partial charge on any atom is 0.197 e. The Bertz CT molecular complexity index is 767. The molecule has 3 atom stereocenters. The van der Waals surface area contributed by atoms with Gasteiger partial charge < -0.3 is 14.6 Å². The number of rotatable bonds is 11. The average Bonchev–Trinajstić information content (AvgIpc) is 3.17. The molecule has 0 aliphatic heterocycles. The fourth-order valence-electron chi connectivity index (χ4n) is 3.46. The van der Waals surface area contributed by atoms with Crippen LogP contribution in [-0.2, 0) is 10.8 Å². The lowest BCUT2D eigenvalue weighted by Gasteiger charge is -2.41. The van der Waals surface area contributed by atoms with Gasteiger partial charge in [0.2, 0.25) is 0 Å². The van der Waals surface area contributed by atoms with Gasteiger partial charge in [-0.2, -0.15) is 0 Å². The molecule has 0 aliphatic rings. The Morgan fingerprint density at radius 2 is 1.77 bits per heavy atom. The van der Waals surface area contributed by atoms with Crippen LogP contribution in [0.2, 0.25) is 18.1 Å². The molecule has 1 aromatic heterocycles. The molecular formula is C25H41FN2O2Si. The predicted octanol–water partition coefficient (Wildman–Crippen LogP) is 6.64. The molecule has 0 amide bonds. The Labute approximate surface area is 188 Å². The molecule has 0 saturated heterocycles. The highest BCUT2D eigenvalue weighted by molar-refractivity contribution is 6.74. The van der Waals surface area contributed by atoms with E-state index >= 15 is 0 Å². The molecule has 2 aromatic rings. The van der Waals surface area contributed by atoms with Crippen LogP contribution in [0.4, 0.5) is 4.39 Å². The molecule has 0 bridgehead atoms. The minimum atomic E-state index is -2.06. The van der Waals surface area contributed by atoms with Crippen LogP contribution in [0.1, 0.15) is 71.3 Å². The number of hydrogen-bond acceptors (Lipinski definition) is 4. The van der Waals surface area contributed by atoms with Crippen molar-refractivity contribution in [1.82, 2.24) is 4.98 Å². The quantitative estimate of drug-likeness (QED) is 0.392. The van der Waals surface area contributed by atoms with E-state index < -0.39 is 14.0 Å². The lowest BCUT2D eigenvalue weighted by Crippen LogP contribution is -2.50. The minimum Gasteiger partial charge on any atom is -0.449 e. The van der Waals surface area contributed by atoms with E-state index in [0.717, 1.165) is 6.42 Å². The molecule has 0 radical (unpaired) electrons. The van der Waals surface area contributed by atoms with Crippen LogP contribution in [0.15, 0.2) is 47.2 Å². The molecule has 4 nitrogen and oxygen atoms in total. The van der Waals surface area contributed by atoms with Crippen molar-refractivity contribution in [2.24, 2.45) is 5.73 Å². The monoisotopic (exact) mass is 448 g/mol. The third-order valence-corrected chi connectivity index (χ3v) is 11.0. The second kappa shape index (κ2) is 10.4. The molecule has 31 heavy (non-hydrogen) atoms. The Kier molecular flexibility index (Phi) is 8.65. The Morgan fingerprint density at radius 3 is 2.29 bits per heavy atom. The number of hydrogen-bond donors (Lipinski definition) is 1. The third-order valence-electron chi connectivity index (χ3n) is 6.45. The summed E-state index contributed by atoms with van der Waals surface area (Å²) >= 11 is 0. The van der Waals surface area contributed by atoms with Crippen molar-refractivity contribution in [1.29, 1.82) is 0 Å². The highest BCUT2D eigenvalue weighted by Crippen LogP contribution is 2.39. The molecule has 0 saturated carbocycles. The van der Waals surface area contributed by atoms with Gasteiger partial charge in [-0.1, -0.05) is 51.1 Å². The second-order valence-electron chi connectivity index (χ2n) is 10.8. The van der Waals surface area contributed by atoms with Gasteiger partial charge in [-0.25, -0.2) is 9.37 Å². The summed E-state index contributed by atoms with van der Waals surface area (Å²) in [7, 11) is -2.06. The largest absolute Gasteiger partial charge is 0.449 e. The van der Waals surface area contributed by atoms with Crippen LogP contribution >= 0.6 is 0 Å². The van der Waals surface area contributed by atoms with Crippen LogP contribution in [0.25, 0.3) is 0 Å². The van der Waals surface area contributed by atoms with Crippen molar-refractivity contribution in [2.75, 3.05) is 0 Å². The highest BCUT2D eigenvalue weighted by Gasteiger charge is 2.41. The molecule has 1 heterocycles. The smallest absolute Gasteiger partial charge is 0.197 e. The summed E-state index contributed by atoms with van der Waals surface area (Å²) in [5, 5.41) is 0.0665. The molecule has 3 unspecified atom stereocenters. The Balaban J connectivity index is 2.27. The van der Waals surface area contributed by atoms with E-state index in [9.17, 15) is 4.39 Å². The van der Waals surface area contributed by atoms with Gasteiger partial charge in [0.05, 0.1) is 12.3 Å². The topological polar surface area (TPSA) is 61.3 Å². The first-order chi connectivity index (χ1) is 14.3. The summed E-state index contributed by atoms with van der Waals surface area (Å²) in [5.74, 6) is 0.599. The van der Waals surface area contributed by atoms with Crippen LogP contribution in [0, 0.1) is 0 Å². The lowest BCUT2D eigenvalue weighted by molar-refractivity contribution is 0.121. The summed E-state index contributed by atoms with van der Waals surface area (Å²) in [5.41, 5.74) is 6.70. The van der Waals surface area contributed by atoms with Gasteiger partial charge in [0.15, 0.2) is 14.2 Å². The maximum atomic E-state index is 14.3. The summed E-state index contributed by atoms with van der Waals surface area (Å²) in [6, 6.07) is 10.1. The summed E-state index contributed by atoms with van der Waals surface area (Å²) in [4.78, 5) is 4.38. The average molecular weight is 449 g/mol. The van der Waals surface area contributed by atoms with E-state index in [2.05, 4.69) is 51.0 Å². The van der Waals surface area contributed by atoms with E-state index in [1.165, 1.54) is 5.56 Å². The van der Waals surface area contributed by atoms with Crippen LogP contribution in [-0.4, -0.2) is 31.1 Å². The van der Waals surface area contributed by atoms with Crippen molar-refractivity contribution in [3.8, 4) is 0 Å². The zero-order chi connectivity index (χ0) is 23.3. The standard InChI is InChI=1S/C25H41FN2O2Si/c1-24(2,3)31(6,7)30-22(21(27)17-19-11-9-8-10-12-19)18-20(13-14-25(4,5)26)23-28-15-16-29-23/h8-12,15-16,20-22H,13-14,17-18,27H2,1-7H3. The lowest BCUT2D eigenvalue weighted by atomic mass is 9.88. The third kappa shape index (κ3) is 8.17. The van der Waals surface area contributed by atoms with E-state index in [4.69, 9.17) is 14.6 Å². The molecule has 0 aliphatic carbocycles. The maximum absolute atomic E-state index is 14.3. The SMILES string of the molecule is CC(C)(F)CCC(CC(O[Si](C)(C)C(C)(C)C)C(N)Cc1ccccc1)c1ncco1. The zero-order valence-electron chi connectivity index (χ0n) is 20.3. The predicted molar refractivity (Wildman–Crippen MR) is 128 cm³/mol. The second-order valence-corrected chi connectivity index (χ2v) is 15.6.